The number of esters is 2. The Bertz CT molecular complexity index is 944. The van der Waals surface area contributed by atoms with Crippen molar-refractivity contribution in [2.24, 2.45) is 0 Å². The summed E-state index contributed by atoms with van der Waals surface area (Å²) in [7, 11) is 1.46. The van der Waals surface area contributed by atoms with Crippen molar-refractivity contribution in [1.82, 2.24) is 0 Å². The zero-order chi connectivity index (χ0) is 36.5. The number of phosphoric acid groups is 1. The Balaban J connectivity index is 4.45. The topological polar surface area (TPSA) is 108 Å². The van der Waals surface area contributed by atoms with E-state index in [2.05, 4.69) is 50.3 Å². The Morgan fingerprint density at radius 2 is 1.10 bits per heavy atom. The maximum Gasteiger partial charge on any atom is 0.472 e. The first-order valence-corrected chi connectivity index (χ1v) is 20.7. The minimum absolute atomic E-state index is 0.0271. The van der Waals surface area contributed by atoms with Crippen molar-refractivity contribution in [3.63, 3.8) is 0 Å². The van der Waals surface area contributed by atoms with E-state index in [1.807, 2.05) is 21.1 Å². The summed E-state index contributed by atoms with van der Waals surface area (Å²) in [6.45, 7) is 4.31. The lowest BCUT2D eigenvalue weighted by molar-refractivity contribution is -0.870. The number of ether oxygens (including phenoxy) is 2. The van der Waals surface area contributed by atoms with Gasteiger partial charge in [0.2, 0.25) is 0 Å². The van der Waals surface area contributed by atoms with Crippen LogP contribution in [-0.2, 0) is 32.7 Å². The molecule has 0 saturated carbocycles. The fraction of sp³-hybridized carbons (Fsp3) is 0.795. The second kappa shape index (κ2) is 32.2. The molecule has 2 atom stereocenters. The number of quaternary nitrogens is 1. The number of unbranched alkanes of at least 4 members (excludes halogenated alkanes) is 14. The van der Waals surface area contributed by atoms with Crippen LogP contribution in [0.4, 0.5) is 0 Å². The smallest absolute Gasteiger partial charge is 0.462 e. The van der Waals surface area contributed by atoms with Crippen molar-refractivity contribution < 1.29 is 42.1 Å². The van der Waals surface area contributed by atoms with Gasteiger partial charge in [0.1, 0.15) is 19.8 Å². The molecule has 0 aromatic heterocycles. The Morgan fingerprint density at radius 3 is 1.67 bits per heavy atom. The van der Waals surface area contributed by atoms with Crippen molar-refractivity contribution in [2.75, 3.05) is 47.5 Å². The van der Waals surface area contributed by atoms with Crippen LogP contribution in [-0.4, -0.2) is 74.9 Å². The first-order valence-electron chi connectivity index (χ1n) is 19.2. The van der Waals surface area contributed by atoms with E-state index < -0.39 is 26.5 Å². The zero-order valence-electron chi connectivity index (χ0n) is 31.9. The molecule has 0 aliphatic carbocycles. The van der Waals surface area contributed by atoms with Crippen molar-refractivity contribution in [2.45, 2.75) is 155 Å². The Hall–Kier alpha value is -1.77. The van der Waals surface area contributed by atoms with Gasteiger partial charge in [0.25, 0.3) is 0 Å². The fourth-order valence-electron chi connectivity index (χ4n) is 4.84. The number of allylic oxidation sites excluding steroid dienone is 6. The van der Waals surface area contributed by atoms with Crippen LogP contribution >= 0.6 is 7.82 Å². The molecule has 9 nitrogen and oxygen atoms in total. The molecular formula is C39H73NO8P+. The SMILES string of the molecule is CCCCC/C=C/C/C=C/C/C=C/CCCCCCC(=O)O[C@H](COC(=O)CCCCCCCCCC)COP(=O)(O)OCC[N+](C)(C)C. The monoisotopic (exact) mass is 715 g/mol. The number of carbonyl (C=O) groups excluding carboxylic acids is 2. The number of carbonyl (C=O) groups is 2. The predicted octanol–water partition coefficient (Wildman–Crippen LogP) is 10.2. The highest BCUT2D eigenvalue weighted by molar-refractivity contribution is 7.47. The van der Waals surface area contributed by atoms with Gasteiger partial charge in [-0.3, -0.25) is 18.6 Å². The van der Waals surface area contributed by atoms with E-state index in [-0.39, 0.29) is 32.0 Å². The van der Waals surface area contributed by atoms with Crippen LogP contribution in [0.3, 0.4) is 0 Å². The molecule has 0 heterocycles. The Labute approximate surface area is 300 Å². The largest absolute Gasteiger partial charge is 0.472 e. The van der Waals surface area contributed by atoms with Gasteiger partial charge in [-0.2, -0.15) is 0 Å². The highest BCUT2D eigenvalue weighted by atomic mass is 31.2. The predicted molar refractivity (Wildman–Crippen MR) is 201 cm³/mol. The average Bonchev–Trinajstić information content (AvgIpc) is 3.04. The van der Waals surface area contributed by atoms with Crippen molar-refractivity contribution >= 4 is 19.8 Å². The van der Waals surface area contributed by atoms with E-state index in [4.69, 9.17) is 18.5 Å². The number of nitrogens with zero attached hydrogens (tertiary/aromatic N) is 1. The minimum atomic E-state index is -4.37. The number of hydrogen-bond donors (Lipinski definition) is 1. The molecule has 1 N–H and O–H groups in total. The summed E-state index contributed by atoms with van der Waals surface area (Å²) in [5, 5.41) is 0. The van der Waals surface area contributed by atoms with Crippen LogP contribution in [0.1, 0.15) is 149 Å². The highest BCUT2D eigenvalue weighted by Gasteiger charge is 2.27. The second-order valence-corrected chi connectivity index (χ2v) is 15.4. The molecule has 0 radical (unpaired) electrons. The van der Waals surface area contributed by atoms with Crippen LogP contribution in [0, 0.1) is 0 Å². The summed E-state index contributed by atoms with van der Waals surface area (Å²) in [5.41, 5.74) is 0. The van der Waals surface area contributed by atoms with Gasteiger partial charge < -0.3 is 18.9 Å². The molecule has 0 amide bonds. The molecule has 0 aromatic carbocycles. The molecule has 0 aromatic rings. The van der Waals surface area contributed by atoms with Crippen LogP contribution in [0.25, 0.3) is 0 Å². The maximum absolute atomic E-state index is 12.6. The summed E-state index contributed by atoms with van der Waals surface area (Å²) < 4.78 is 34.1. The molecule has 0 fully saturated rings. The zero-order valence-corrected chi connectivity index (χ0v) is 32.8. The summed E-state index contributed by atoms with van der Waals surface area (Å²) in [5.74, 6) is -0.831. The molecule has 286 valence electrons. The molecule has 10 heteroatoms. The van der Waals surface area contributed by atoms with Gasteiger partial charge in [-0.1, -0.05) is 121 Å². The Kier molecular flexibility index (Phi) is 31.0. The normalized spacial score (nSPS) is 14.2. The number of likely N-dealkylation sites (N-methyl/N-ethyl adjacent to an activating group) is 1. The van der Waals surface area contributed by atoms with E-state index in [0.29, 0.717) is 17.4 Å². The Morgan fingerprint density at radius 1 is 0.633 bits per heavy atom. The van der Waals surface area contributed by atoms with Gasteiger partial charge in [0.15, 0.2) is 6.10 Å². The molecule has 0 spiro atoms. The summed E-state index contributed by atoms with van der Waals surface area (Å²) in [4.78, 5) is 35.1. The van der Waals surface area contributed by atoms with Gasteiger partial charge in [-0.05, 0) is 51.4 Å². The number of phosphoric ester groups is 1. The first-order chi connectivity index (χ1) is 23.5. The van der Waals surface area contributed by atoms with Crippen LogP contribution in [0.2, 0.25) is 0 Å². The van der Waals surface area contributed by atoms with Gasteiger partial charge >= 0.3 is 19.8 Å². The van der Waals surface area contributed by atoms with Crippen LogP contribution < -0.4 is 0 Å². The van der Waals surface area contributed by atoms with Crippen LogP contribution in [0.15, 0.2) is 36.5 Å². The summed E-state index contributed by atoms with van der Waals surface area (Å²) >= 11 is 0. The molecule has 0 bridgehead atoms. The van der Waals surface area contributed by atoms with Gasteiger partial charge in [-0.25, -0.2) is 4.57 Å². The molecule has 0 saturated heterocycles. The lowest BCUT2D eigenvalue weighted by Gasteiger charge is -2.24. The molecule has 49 heavy (non-hydrogen) atoms. The van der Waals surface area contributed by atoms with Gasteiger partial charge in [0.05, 0.1) is 27.7 Å². The molecule has 0 aliphatic heterocycles. The lowest BCUT2D eigenvalue weighted by atomic mass is 10.1. The van der Waals surface area contributed by atoms with E-state index >= 15 is 0 Å². The van der Waals surface area contributed by atoms with Gasteiger partial charge in [0, 0.05) is 12.8 Å². The molecular weight excluding hydrogens is 641 g/mol. The number of rotatable bonds is 34. The molecule has 0 aliphatic rings. The van der Waals surface area contributed by atoms with E-state index in [1.54, 1.807) is 0 Å². The van der Waals surface area contributed by atoms with Gasteiger partial charge in [-0.15, -0.1) is 0 Å². The van der Waals surface area contributed by atoms with Crippen LogP contribution in [0.5, 0.6) is 0 Å². The molecule has 0 rings (SSSR count). The van der Waals surface area contributed by atoms with E-state index in [1.165, 1.54) is 57.8 Å². The summed E-state index contributed by atoms with van der Waals surface area (Å²) in [6, 6.07) is 0. The third-order valence-corrected chi connectivity index (χ3v) is 8.91. The maximum atomic E-state index is 12.6. The lowest BCUT2D eigenvalue weighted by Crippen LogP contribution is -2.37. The third kappa shape index (κ3) is 35.8. The second-order valence-electron chi connectivity index (χ2n) is 14.0. The molecule has 1 unspecified atom stereocenters. The first kappa shape index (κ1) is 47.2. The van der Waals surface area contributed by atoms with Crippen molar-refractivity contribution in [1.29, 1.82) is 0 Å². The van der Waals surface area contributed by atoms with Crippen molar-refractivity contribution in [3.8, 4) is 0 Å². The standard InChI is InChI=1S/C39H72NO8P/c1-6-8-10-12-14-16-17-18-19-20-21-22-23-24-26-28-30-32-39(42)48-37(36-47-49(43,44)46-34-33-40(3,4)5)35-45-38(41)31-29-27-25-15-13-11-9-7-2/h14,16,18-19,21-22,37H,6-13,15,17,20,23-36H2,1-5H3/p+1/b16-14+,19-18+,22-21+/t37-/m1/s1. The average molecular weight is 715 g/mol. The quantitative estimate of drug-likeness (QED) is 0.0231. The fourth-order valence-corrected chi connectivity index (χ4v) is 5.58. The van der Waals surface area contributed by atoms with E-state index in [9.17, 15) is 19.0 Å². The minimum Gasteiger partial charge on any atom is -0.462 e. The summed E-state index contributed by atoms with van der Waals surface area (Å²) in [6.07, 6.45) is 33.4. The number of hydrogen-bond acceptors (Lipinski definition) is 7. The van der Waals surface area contributed by atoms with E-state index in [0.717, 1.165) is 57.8 Å². The highest BCUT2D eigenvalue weighted by Crippen LogP contribution is 2.43. The van der Waals surface area contributed by atoms with Crippen molar-refractivity contribution in [3.05, 3.63) is 36.5 Å². The third-order valence-electron chi connectivity index (χ3n) is 7.92.